The summed E-state index contributed by atoms with van der Waals surface area (Å²) < 4.78 is 5.24. The molecule has 7 heteroatoms. The lowest BCUT2D eigenvalue weighted by atomic mass is 10.2. The third-order valence-corrected chi connectivity index (χ3v) is 4.58. The number of carbonyl (C=O) groups excluding carboxylic acids is 1. The summed E-state index contributed by atoms with van der Waals surface area (Å²) in [5, 5.41) is 9.30. The van der Waals surface area contributed by atoms with E-state index in [0.29, 0.717) is 30.6 Å². The third kappa shape index (κ3) is 3.72. The summed E-state index contributed by atoms with van der Waals surface area (Å²) in [6, 6.07) is 4.30. The lowest BCUT2D eigenvalue weighted by Crippen LogP contribution is -2.51. The van der Waals surface area contributed by atoms with Crippen LogP contribution in [0.15, 0.2) is 22.0 Å². The second-order valence-electron chi connectivity index (χ2n) is 5.54. The summed E-state index contributed by atoms with van der Waals surface area (Å²) >= 11 is 1.59. The average Bonchev–Trinajstić information content (AvgIpc) is 3.18. The molecule has 1 amide bonds. The molecule has 1 aliphatic rings. The van der Waals surface area contributed by atoms with E-state index in [0.717, 1.165) is 30.9 Å². The average molecular weight is 320 g/mol. The monoisotopic (exact) mass is 320 g/mol. The number of carbonyl (C=O) groups is 1. The molecule has 0 radical (unpaired) electrons. The Labute approximate surface area is 133 Å². The van der Waals surface area contributed by atoms with Gasteiger partial charge >= 0.3 is 0 Å². The number of hydrogen-bond acceptors (Lipinski definition) is 6. The molecule has 1 fully saturated rings. The normalized spacial score (nSPS) is 18.6. The van der Waals surface area contributed by atoms with Crippen molar-refractivity contribution in [2.75, 3.05) is 19.6 Å². The first-order valence-corrected chi connectivity index (χ1v) is 8.48. The van der Waals surface area contributed by atoms with Crippen LogP contribution in [0, 0.1) is 0 Å². The Morgan fingerprint density at radius 1 is 1.59 bits per heavy atom. The smallest absolute Gasteiger partial charge is 0.226 e. The molecule has 1 atom stereocenters. The minimum atomic E-state index is 0.214. The Bertz CT molecular complexity index is 611. The minimum Gasteiger partial charge on any atom is -0.340 e. The van der Waals surface area contributed by atoms with E-state index in [1.807, 2.05) is 22.4 Å². The van der Waals surface area contributed by atoms with E-state index in [1.54, 1.807) is 11.3 Å². The van der Waals surface area contributed by atoms with Crippen LogP contribution in [-0.2, 0) is 11.2 Å². The Hall–Kier alpha value is -1.73. The van der Waals surface area contributed by atoms with Crippen molar-refractivity contribution in [1.29, 1.82) is 0 Å². The molecule has 0 spiro atoms. The molecule has 1 aliphatic heterocycles. The molecule has 3 heterocycles. The van der Waals surface area contributed by atoms with Crippen molar-refractivity contribution in [1.82, 2.24) is 20.4 Å². The van der Waals surface area contributed by atoms with E-state index in [9.17, 15) is 4.79 Å². The van der Waals surface area contributed by atoms with Crippen LogP contribution in [0.1, 0.15) is 25.7 Å². The summed E-state index contributed by atoms with van der Waals surface area (Å²) in [5.74, 6) is 1.45. The van der Waals surface area contributed by atoms with Gasteiger partial charge in [0, 0.05) is 38.5 Å². The lowest BCUT2D eigenvalue weighted by molar-refractivity contribution is -0.132. The van der Waals surface area contributed by atoms with Crippen LogP contribution in [-0.4, -0.2) is 46.6 Å². The zero-order chi connectivity index (χ0) is 15.4. The third-order valence-electron chi connectivity index (χ3n) is 3.71. The summed E-state index contributed by atoms with van der Waals surface area (Å²) in [6.45, 7) is 4.57. The topological polar surface area (TPSA) is 71.3 Å². The predicted octanol–water partition coefficient (Wildman–Crippen LogP) is 1.94. The van der Waals surface area contributed by atoms with Crippen LogP contribution in [0.2, 0.25) is 0 Å². The van der Waals surface area contributed by atoms with Gasteiger partial charge in [-0.25, -0.2) is 0 Å². The Morgan fingerprint density at radius 2 is 2.50 bits per heavy atom. The second kappa shape index (κ2) is 7.02. The maximum atomic E-state index is 12.2. The molecule has 0 saturated carbocycles. The molecular formula is C15H20N4O2S. The van der Waals surface area contributed by atoms with Crippen LogP contribution in [0.5, 0.6) is 0 Å². The van der Waals surface area contributed by atoms with Crippen molar-refractivity contribution in [2.45, 2.75) is 32.2 Å². The maximum Gasteiger partial charge on any atom is 0.226 e. The molecule has 3 rings (SSSR count). The molecule has 0 aliphatic carbocycles. The Kier molecular flexibility index (Phi) is 4.84. The van der Waals surface area contributed by atoms with Crippen molar-refractivity contribution in [2.24, 2.45) is 0 Å². The van der Waals surface area contributed by atoms with Crippen LogP contribution in [0.4, 0.5) is 0 Å². The molecule has 1 saturated heterocycles. The molecule has 1 N–H and O–H groups in total. The lowest BCUT2D eigenvalue weighted by Gasteiger charge is -2.31. The first-order chi connectivity index (χ1) is 10.7. The molecule has 2 aromatic heterocycles. The Balaban J connectivity index is 1.46. The van der Waals surface area contributed by atoms with E-state index in [2.05, 4.69) is 22.4 Å². The van der Waals surface area contributed by atoms with Gasteiger partial charge in [0.2, 0.25) is 17.6 Å². The van der Waals surface area contributed by atoms with Crippen LogP contribution >= 0.6 is 11.3 Å². The molecule has 0 aromatic carbocycles. The summed E-state index contributed by atoms with van der Waals surface area (Å²) in [6.07, 6.45) is 1.92. The van der Waals surface area contributed by atoms with Gasteiger partial charge in [-0.3, -0.25) is 4.79 Å². The minimum absolute atomic E-state index is 0.214. The fraction of sp³-hybridized carbons (Fsp3) is 0.533. The summed E-state index contributed by atoms with van der Waals surface area (Å²) in [7, 11) is 0. The van der Waals surface area contributed by atoms with E-state index >= 15 is 0 Å². The van der Waals surface area contributed by atoms with Crippen molar-refractivity contribution >= 4 is 17.2 Å². The van der Waals surface area contributed by atoms with Gasteiger partial charge in [-0.1, -0.05) is 11.2 Å². The maximum absolute atomic E-state index is 12.2. The van der Waals surface area contributed by atoms with E-state index in [1.165, 1.54) is 0 Å². The highest BCUT2D eigenvalue weighted by Crippen LogP contribution is 2.21. The highest BCUT2D eigenvalue weighted by molar-refractivity contribution is 7.13. The largest absolute Gasteiger partial charge is 0.340 e. The summed E-state index contributed by atoms with van der Waals surface area (Å²) in [4.78, 5) is 19.5. The standard InChI is InChI=1S/C15H20N4O2S/c1-11-10-19(8-7-16-11)14(20)6-2-5-13-17-15(18-21-13)12-4-3-9-22-12/h3-4,9,11,16H,2,5-8,10H2,1H3. The van der Waals surface area contributed by atoms with Gasteiger partial charge in [0.25, 0.3) is 0 Å². The fourth-order valence-electron chi connectivity index (χ4n) is 2.57. The van der Waals surface area contributed by atoms with Gasteiger partial charge in [0.1, 0.15) is 0 Å². The zero-order valence-corrected chi connectivity index (χ0v) is 13.4. The van der Waals surface area contributed by atoms with Gasteiger partial charge in [-0.2, -0.15) is 4.98 Å². The Morgan fingerprint density at radius 3 is 3.27 bits per heavy atom. The zero-order valence-electron chi connectivity index (χ0n) is 12.6. The molecule has 22 heavy (non-hydrogen) atoms. The van der Waals surface area contributed by atoms with Crippen molar-refractivity contribution < 1.29 is 9.32 Å². The molecule has 6 nitrogen and oxygen atoms in total. The first-order valence-electron chi connectivity index (χ1n) is 7.60. The molecule has 118 valence electrons. The molecule has 0 bridgehead atoms. The van der Waals surface area contributed by atoms with Crippen molar-refractivity contribution in [3.63, 3.8) is 0 Å². The quantitative estimate of drug-likeness (QED) is 0.911. The van der Waals surface area contributed by atoms with E-state index < -0.39 is 0 Å². The van der Waals surface area contributed by atoms with Crippen molar-refractivity contribution in [3.8, 4) is 10.7 Å². The van der Waals surface area contributed by atoms with Gasteiger partial charge in [-0.15, -0.1) is 11.3 Å². The van der Waals surface area contributed by atoms with Crippen LogP contribution < -0.4 is 5.32 Å². The number of hydrogen-bond donors (Lipinski definition) is 1. The highest BCUT2D eigenvalue weighted by atomic mass is 32.1. The fourth-order valence-corrected chi connectivity index (χ4v) is 3.22. The number of rotatable bonds is 5. The van der Waals surface area contributed by atoms with E-state index in [-0.39, 0.29) is 5.91 Å². The van der Waals surface area contributed by atoms with Gasteiger partial charge in [0.05, 0.1) is 4.88 Å². The van der Waals surface area contributed by atoms with Gasteiger partial charge in [0.15, 0.2) is 0 Å². The van der Waals surface area contributed by atoms with Gasteiger partial charge in [-0.05, 0) is 24.8 Å². The van der Waals surface area contributed by atoms with Crippen molar-refractivity contribution in [3.05, 3.63) is 23.4 Å². The molecular weight excluding hydrogens is 300 g/mol. The van der Waals surface area contributed by atoms with Crippen LogP contribution in [0.3, 0.4) is 0 Å². The van der Waals surface area contributed by atoms with Gasteiger partial charge < -0.3 is 14.7 Å². The first kappa shape index (κ1) is 15.2. The summed E-state index contributed by atoms with van der Waals surface area (Å²) in [5.41, 5.74) is 0. The second-order valence-corrected chi connectivity index (χ2v) is 6.49. The number of piperazine rings is 1. The number of nitrogens with zero attached hydrogens (tertiary/aromatic N) is 3. The number of amides is 1. The predicted molar refractivity (Wildman–Crippen MR) is 84.6 cm³/mol. The SMILES string of the molecule is CC1CN(C(=O)CCCc2nc(-c3cccs3)no2)CCN1. The number of nitrogens with one attached hydrogen (secondary N) is 1. The number of thiophene rings is 1. The number of aryl methyl sites for hydroxylation is 1. The van der Waals surface area contributed by atoms with E-state index in [4.69, 9.17) is 4.52 Å². The number of aromatic nitrogens is 2. The van der Waals surface area contributed by atoms with Crippen LogP contribution in [0.25, 0.3) is 10.7 Å². The highest BCUT2D eigenvalue weighted by Gasteiger charge is 2.20. The molecule has 2 aromatic rings. The molecule has 1 unspecified atom stereocenters.